The van der Waals surface area contributed by atoms with Crippen molar-refractivity contribution in [2.24, 2.45) is 0 Å². The van der Waals surface area contributed by atoms with E-state index < -0.39 is 10.0 Å². The van der Waals surface area contributed by atoms with Crippen molar-refractivity contribution in [2.75, 3.05) is 33.3 Å². The Kier molecular flexibility index (Phi) is 5.50. The molecule has 0 aliphatic carbocycles. The summed E-state index contributed by atoms with van der Waals surface area (Å²) in [5, 5.41) is 3.17. The summed E-state index contributed by atoms with van der Waals surface area (Å²) in [6.07, 6.45) is 0. The van der Waals surface area contributed by atoms with Crippen LogP contribution in [0.5, 0.6) is 17.2 Å². The topological polar surface area (TPSA) is 67.9 Å². The van der Waals surface area contributed by atoms with Crippen molar-refractivity contribution in [3.05, 3.63) is 47.5 Å². The van der Waals surface area contributed by atoms with Crippen LogP contribution in [-0.2, 0) is 10.0 Å². The quantitative estimate of drug-likeness (QED) is 0.869. The van der Waals surface area contributed by atoms with E-state index in [1.165, 1.54) is 4.31 Å². The molecule has 3 rings (SSSR count). The van der Waals surface area contributed by atoms with Crippen LogP contribution >= 0.6 is 0 Å². The van der Waals surface area contributed by atoms with Gasteiger partial charge in [-0.15, -0.1) is 0 Å². The molecule has 2 aromatic rings. The van der Waals surface area contributed by atoms with E-state index >= 15 is 0 Å². The van der Waals surface area contributed by atoms with E-state index in [4.69, 9.17) is 9.47 Å². The maximum atomic E-state index is 13.1. The summed E-state index contributed by atoms with van der Waals surface area (Å²) in [5.74, 6) is 1.42. The number of nitrogens with one attached hydrogen (secondary N) is 1. The average Bonchev–Trinajstić information content (AvgIpc) is 2.61. The van der Waals surface area contributed by atoms with E-state index in [1.807, 2.05) is 32.0 Å². The Morgan fingerprint density at radius 2 is 1.62 bits per heavy atom. The van der Waals surface area contributed by atoms with Crippen LogP contribution in [0.2, 0.25) is 0 Å². The number of piperazine rings is 1. The monoisotopic (exact) mass is 376 g/mol. The molecule has 0 spiro atoms. The predicted octanol–water partition coefficient (Wildman–Crippen LogP) is 2.70. The SMILES string of the molecule is COc1ccc(S(=O)(=O)N2CCNCC2)c(Oc2cc(C)cc(C)c2)c1. The lowest BCUT2D eigenvalue weighted by Gasteiger charge is -2.27. The summed E-state index contributed by atoms with van der Waals surface area (Å²) in [4.78, 5) is 0.152. The van der Waals surface area contributed by atoms with Crippen LogP contribution < -0.4 is 14.8 Å². The van der Waals surface area contributed by atoms with Crippen LogP contribution in [0, 0.1) is 13.8 Å². The van der Waals surface area contributed by atoms with Gasteiger partial charge in [-0.3, -0.25) is 0 Å². The van der Waals surface area contributed by atoms with Crippen LogP contribution in [0.3, 0.4) is 0 Å². The summed E-state index contributed by atoms with van der Waals surface area (Å²) >= 11 is 0. The molecule has 0 radical (unpaired) electrons. The number of aryl methyl sites for hydroxylation is 2. The van der Waals surface area contributed by atoms with Gasteiger partial charge >= 0.3 is 0 Å². The van der Waals surface area contributed by atoms with E-state index in [1.54, 1.807) is 25.3 Å². The molecule has 1 aliphatic heterocycles. The highest BCUT2D eigenvalue weighted by molar-refractivity contribution is 7.89. The lowest BCUT2D eigenvalue weighted by atomic mass is 10.1. The fourth-order valence-electron chi connectivity index (χ4n) is 3.05. The maximum absolute atomic E-state index is 13.1. The molecular formula is C19H24N2O4S. The van der Waals surface area contributed by atoms with Gasteiger partial charge in [-0.05, 0) is 49.2 Å². The number of hydrogen-bond donors (Lipinski definition) is 1. The highest BCUT2D eigenvalue weighted by Crippen LogP contribution is 2.34. The highest BCUT2D eigenvalue weighted by atomic mass is 32.2. The molecule has 1 heterocycles. The summed E-state index contributed by atoms with van der Waals surface area (Å²) in [7, 11) is -2.10. The zero-order valence-electron chi connectivity index (χ0n) is 15.3. The molecule has 1 N–H and O–H groups in total. The van der Waals surface area contributed by atoms with Gasteiger partial charge in [0, 0.05) is 32.2 Å². The average molecular weight is 376 g/mol. The van der Waals surface area contributed by atoms with Crippen molar-refractivity contribution in [2.45, 2.75) is 18.7 Å². The third-order valence-electron chi connectivity index (χ3n) is 4.27. The third-order valence-corrected chi connectivity index (χ3v) is 6.21. The van der Waals surface area contributed by atoms with Crippen LogP contribution in [0.1, 0.15) is 11.1 Å². The van der Waals surface area contributed by atoms with E-state index in [9.17, 15) is 8.42 Å². The molecule has 0 unspecified atom stereocenters. The van der Waals surface area contributed by atoms with E-state index in [-0.39, 0.29) is 10.6 Å². The van der Waals surface area contributed by atoms with Gasteiger partial charge in [0.15, 0.2) is 5.75 Å². The zero-order chi connectivity index (χ0) is 18.7. The minimum absolute atomic E-state index is 0.152. The summed E-state index contributed by atoms with van der Waals surface area (Å²) in [6, 6.07) is 10.6. The number of sulfonamides is 1. The van der Waals surface area contributed by atoms with Gasteiger partial charge in [-0.2, -0.15) is 4.31 Å². The predicted molar refractivity (Wildman–Crippen MR) is 101 cm³/mol. The van der Waals surface area contributed by atoms with Gasteiger partial charge in [0.25, 0.3) is 0 Å². The second-order valence-electron chi connectivity index (χ2n) is 6.39. The molecule has 0 amide bonds. The molecule has 0 atom stereocenters. The van der Waals surface area contributed by atoms with Crippen LogP contribution in [0.4, 0.5) is 0 Å². The number of hydrogen-bond acceptors (Lipinski definition) is 5. The molecule has 6 nitrogen and oxygen atoms in total. The standard InChI is InChI=1S/C19H24N2O4S/c1-14-10-15(2)12-17(11-14)25-18-13-16(24-3)4-5-19(18)26(22,23)21-8-6-20-7-9-21/h4-5,10-13,20H,6-9H2,1-3H3. The summed E-state index contributed by atoms with van der Waals surface area (Å²) < 4.78 is 38.9. The first-order valence-corrected chi connectivity index (χ1v) is 9.99. The van der Waals surface area contributed by atoms with Gasteiger partial charge in [0.05, 0.1) is 7.11 Å². The van der Waals surface area contributed by atoms with Crippen molar-refractivity contribution in [3.8, 4) is 17.2 Å². The molecule has 140 valence electrons. The number of ether oxygens (including phenoxy) is 2. The van der Waals surface area contributed by atoms with Gasteiger partial charge in [0.1, 0.15) is 16.4 Å². The molecular weight excluding hydrogens is 352 g/mol. The highest BCUT2D eigenvalue weighted by Gasteiger charge is 2.29. The lowest BCUT2D eigenvalue weighted by Crippen LogP contribution is -2.46. The molecule has 0 bridgehead atoms. The number of benzene rings is 2. The van der Waals surface area contributed by atoms with Crippen molar-refractivity contribution in [3.63, 3.8) is 0 Å². The van der Waals surface area contributed by atoms with Crippen molar-refractivity contribution >= 4 is 10.0 Å². The van der Waals surface area contributed by atoms with Crippen LogP contribution in [0.15, 0.2) is 41.3 Å². The maximum Gasteiger partial charge on any atom is 0.246 e. The smallest absolute Gasteiger partial charge is 0.246 e. The minimum atomic E-state index is -3.65. The Morgan fingerprint density at radius 1 is 0.962 bits per heavy atom. The van der Waals surface area contributed by atoms with Crippen LogP contribution in [0.25, 0.3) is 0 Å². The van der Waals surface area contributed by atoms with Gasteiger partial charge in [0.2, 0.25) is 10.0 Å². The minimum Gasteiger partial charge on any atom is -0.497 e. The second-order valence-corrected chi connectivity index (χ2v) is 8.30. The normalized spacial score (nSPS) is 15.7. The van der Waals surface area contributed by atoms with Crippen molar-refractivity contribution < 1.29 is 17.9 Å². The van der Waals surface area contributed by atoms with Gasteiger partial charge < -0.3 is 14.8 Å². The van der Waals surface area contributed by atoms with E-state index in [2.05, 4.69) is 5.32 Å². The molecule has 0 aromatic heterocycles. The Bertz CT molecular complexity index is 870. The summed E-state index contributed by atoms with van der Waals surface area (Å²) in [5.41, 5.74) is 2.10. The fourth-order valence-corrected chi connectivity index (χ4v) is 4.59. The molecule has 0 saturated carbocycles. The first-order chi connectivity index (χ1) is 12.4. The van der Waals surface area contributed by atoms with Gasteiger partial charge in [-0.1, -0.05) is 6.07 Å². The van der Waals surface area contributed by atoms with Crippen molar-refractivity contribution in [1.29, 1.82) is 0 Å². The number of rotatable bonds is 5. The fraction of sp³-hybridized carbons (Fsp3) is 0.368. The molecule has 1 aliphatic rings. The Morgan fingerprint density at radius 3 is 2.23 bits per heavy atom. The van der Waals surface area contributed by atoms with Crippen molar-refractivity contribution in [1.82, 2.24) is 9.62 Å². The van der Waals surface area contributed by atoms with Gasteiger partial charge in [-0.25, -0.2) is 8.42 Å². The molecule has 1 fully saturated rings. The third kappa shape index (κ3) is 4.00. The lowest BCUT2D eigenvalue weighted by molar-refractivity contribution is 0.357. The first-order valence-electron chi connectivity index (χ1n) is 8.55. The molecule has 1 saturated heterocycles. The molecule has 7 heteroatoms. The van der Waals surface area contributed by atoms with E-state index in [0.717, 1.165) is 11.1 Å². The Labute approximate surface area is 154 Å². The number of methoxy groups -OCH3 is 1. The van der Waals surface area contributed by atoms with E-state index in [0.29, 0.717) is 37.7 Å². The summed E-state index contributed by atoms with van der Waals surface area (Å²) in [6.45, 7) is 6.12. The molecule has 2 aromatic carbocycles. The Hall–Kier alpha value is -2.09. The largest absolute Gasteiger partial charge is 0.497 e. The second kappa shape index (κ2) is 7.65. The Balaban J connectivity index is 2.02. The zero-order valence-corrected chi connectivity index (χ0v) is 16.1. The number of nitrogens with zero attached hydrogens (tertiary/aromatic N) is 1. The van der Waals surface area contributed by atoms with Crippen LogP contribution in [-0.4, -0.2) is 46.0 Å². The first kappa shape index (κ1) is 18.7. The molecule has 26 heavy (non-hydrogen) atoms.